The Kier molecular flexibility index (Phi) is 4.94. The van der Waals surface area contributed by atoms with E-state index in [0.717, 1.165) is 24.5 Å². The normalized spacial score (nSPS) is 24.2. The standard InChI is InChI=1S/C25H29N5O2S/c1-15-6-4-5-7-19(15)25(3)22-18-12-17(23(31)29-8-10-32-11-9-29)13-20(18)33-24(22)30-16(2)27-28-21(30)14-26-25/h4-7,17,26H,8-14H2,1-3H3/t17-,25-/m0/s1. The molecule has 6 rings (SSSR count). The van der Waals surface area contributed by atoms with Gasteiger partial charge in [-0.1, -0.05) is 24.3 Å². The van der Waals surface area contributed by atoms with Crippen molar-refractivity contribution in [2.24, 2.45) is 5.92 Å². The fourth-order valence-electron chi connectivity index (χ4n) is 5.80. The van der Waals surface area contributed by atoms with Gasteiger partial charge in [-0.15, -0.1) is 21.5 Å². The highest BCUT2D eigenvalue weighted by molar-refractivity contribution is 7.15. The van der Waals surface area contributed by atoms with Gasteiger partial charge in [0, 0.05) is 29.4 Å². The Bertz CT molecular complexity index is 1240. The van der Waals surface area contributed by atoms with Crippen LogP contribution in [0.2, 0.25) is 0 Å². The van der Waals surface area contributed by atoms with Gasteiger partial charge in [0.15, 0.2) is 5.82 Å². The van der Waals surface area contributed by atoms with Crippen LogP contribution < -0.4 is 5.32 Å². The average Bonchev–Trinajstić information content (AvgIpc) is 3.47. The maximum atomic E-state index is 13.3. The van der Waals surface area contributed by atoms with Crippen LogP contribution in [-0.2, 0) is 34.5 Å². The third-order valence-electron chi connectivity index (χ3n) is 7.51. The van der Waals surface area contributed by atoms with E-state index in [4.69, 9.17) is 4.74 Å². The number of ether oxygens (including phenoxy) is 1. The van der Waals surface area contributed by atoms with Crippen molar-refractivity contribution in [1.82, 2.24) is 25.0 Å². The van der Waals surface area contributed by atoms with Crippen molar-refractivity contribution in [3.63, 3.8) is 0 Å². The number of morpholine rings is 1. The third kappa shape index (κ3) is 3.19. The summed E-state index contributed by atoms with van der Waals surface area (Å²) >= 11 is 1.82. The molecule has 33 heavy (non-hydrogen) atoms. The lowest BCUT2D eigenvalue weighted by atomic mass is 9.80. The van der Waals surface area contributed by atoms with Gasteiger partial charge in [0.1, 0.15) is 10.8 Å². The van der Waals surface area contributed by atoms with Gasteiger partial charge in [-0.3, -0.25) is 14.7 Å². The zero-order valence-electron chi connectivity index (χ0n) is 19.4. The Morgan fingerprint density at radius 1 is 1.18 bits per heavy atom. The van der Waals surface area contributed by atoms with Crippen LogP contribution in [-0.4, -0.2) is 51.9 Å². The lowest BCUT2D eigenvalue weighted by molar-refractivity contribution is -0.139. The summed E-state index contributed by atoms with van der Waals surface area (Å²) in [4.78, 5) is 16.7. The number of rotatable bonds is 2. The van der Waals surface area contributed by atoms with E-state index >= 15 is 0 Å². The van der Waals surface area contributed by atoms with Gasteiger partial charge in [0.2, 0.25) is 5.91 Å². The molecule has 1 aromatic carbocycles. The Labute approximate surface area is 197 Å². The molecule has 172 valence electrons. The van der Waals surface area contributed by atoms with Crippen LogP contribution in [0.25, 0.3) is 5.00 Å². The highest BCUT2D eigenvalue weighted by atomic mass is 32.1. The molecule has 1 amide bonds. The van der Waals surface area contributed by atoms with Crippen molar-refractivity contribution in [2.45, 2.75) is 45.7 Å². The lowest BCUT2D eigenvalue weighted by Gasteiger charge is -2.33. The van der Waals surface area contributed by atoms with Crippen LogP contribution >= 0.6 is 11.3 Å². The lowest BCUT2D eigenvalue weighted by Crippen LogP contribution is -2.44. The number of aryl methyl sites for hydroxylation is 2. The summed E-state index contributed by atoms with van der Waals surface area (Å²) in [5.41, 5.74) is 4.77. The van der Waals surface area contributed by atoms with E-state index in [9.17, 15) is 4.79 Å². The molecule has 3 aromatic rings. The minimum Gasteiger partial charge on any atom is -0.378 e. The largest absolute Gasteiger partial charge is 0.378 e. The van der Waals surface area contributed by atoms with Crippen molar-refractivity contribution < 1.29 is 9.53 Å². The molecule has 0 bridgehead atoms. The van der Waals surface area contributed by atoms with E-state index in [0.29, 0.717) is 32.8 Å². The number of hydrogen-bond acceptors (Lipinski definition) is 6. The monoisotopic (exact) mass is 463 g/mol. The van der Waals surface area contributed by atoms with Crippen molar-refractivity contribution in [3.05, 3.63) is 63.0 Å². The molecule has 3 aliphatic rings. The molecule has 1 N–H and O–H groups in total. The number of fused-ring (bicyclic) bond motifs is 5. The second-order valence-corrected chi connectivity index (χ2v) is 10.6. The molecule has 0 saturated carbocycles. The zero-order valence-corrected chi connectivity index (χ0v) is 20.2. The Morgan fingerprint density at radius 2 is 1.97 bits per heavy atom. The molecule has 1 fully saturated rings. The average molecular weight is 464 g/mol. The van der Waals surface area contributed by atoms with Crippen molar-refractivity contribution in [2.75, 3.05) is 26.3 Å². The van der Waals surface area contributed by atoms with Gasteiger partial charge in [0.05, 0.1) is 25.3 Å². The molecule has 1 saturated heterocycles. The number of carbonyl (C=O) groups excluding carboxylic acids is 1. The van der Waals surface area contributed by atoms with Crippen LogP contribution in [0.4, 0.5) is 0 Å². The topological polar surface area (TPSA) is 72.3 Å². The molecule has 0 radical (unpaired) electrons. The number of nitrogens with one attached hydrogen (secondary N) is 1. The van der Waals surface area contributed by atoms with E-state index in [1.165, 1.54) is 32.1 Å². The smallest absolute Gasteiger partial charge is 0.226 e. The van der Waals surface area contributed by atoms with Crippen molar-refractivity contribution >= 4 is 17.2 Å². The molecule has 7 nitrogen and oxygen atoms in total. The molecule has 2 atom stereocenters. The van der Waals surface area contributed by atoms with Crippen molar-refractivity contribution in [3.8, 4) is 5.00 Å². The quantitative estimate of drug-likeness (QED) is 0.633. The van der Waals surface area contributed by atoms with E-state index in [1.807, 2.05) is 23.2 Å². The summed E-state index contributed by atoms with van der Waals surface area (Å²) in [7, 11) is 0. The van der Waals surface area contributed by atoms with Crippen LogP contribution in [0.15, 0.2) is 24.3 Å². The van der Waals surface area contributed by atoms with Crippen LogP contribution in [0, 0.1) is 19.8 Å². The molecule has 2 aliphatic heterocycles. The first-order valence-electron chi connectivity index (χ1n) is 11.7. The SMILES string of the molecule is Cc1ccccc1[C@]1(C)NCc2nnc(C)n2-c2sc3c(c21)C[C@H](C(=O)N1CCOCC1)C3. The summed E-state index contributed by atoms with van der Waals surface area (Å²) in [6.45, 7) is 9.80. The van der Waals surface area contributed by atoms with Gasteiger partial charge in [-0.25, -0.2) is 0 Å². The number of carbonyl (C=O) groups is 1. The van der Waals surface area contributed by atoms with Gasteiger partial charge in [-0.2, -0.15) is 0 Å². The first-order valence-corrected chi connectivity index (χ1v) is 12.5. The molecule has 1 aliphatic carbocycles. The van der Waals surface area contributed by atoms with Crippen LogP contribution in [0.1, 0.15) is 45.7 Å². The number of thiophene rings is 1. The highest BCUT2D eigenvalue weighted by Gasteiger charge is 2.44. The highest BCUT2D eigenvalue weighted by Crippen LogP contribution is 2.49. The maximum Gasteiger partial charge on any atom is 0.226 e. The van der Waals surface area contributed by atoms with E-state index in [1.54, 1.807) is 0 Å². The zero-order chi connectivity index (χ0) is 22.7. The van der Waals surface area contributed by atoms with Gasteiger partial charge in [0.25, 0.3) is 0 Å². The number of nitrogens with zero attached hydrogens (tertiary/aromatic N) is 4. The minimum atomic E-state index is -0.380. The maximum absolute atomic E-state index is 13.3. The van der Waals surface area contributed by atoms with Gasteiger partial charge in [-0.05, 0) is 50.3 Å². The second-order valence-electron chi connectivity index (χ2n) is 9.52. The minimum absolute atomic E-state index is 0.0144. The number of aromatic nitrogens is 3. The summed E-state index contributed by atoms with van der Waals surface area (Å²) in [6, 6.07) is 8.60. The van der Waals surface area contributed by atoms with Crippen LogP contribution in [0.5, 0.6) is 0 Å². The Hall–Kier alpha value is -2.55. The van der Waals surface area contributed by atoms with E-state index in [-0.39, 0.29) is 17.4 Å². The van der Waals surface area contributed by atoms with Crippen molar-refractivity contribution in [1.29, 1.82) is 0 Å². The molecule has 0 unspecified atom stereocenters. The summed E-state index contributed by atoms with van der Waals surface area (Å²) in [5, 5.41) is 13.9. The summed E-state index contributed by atoms with van der Waals surface area (Å²) in [5.74, 6) is 2.13. The number of amides is 1. The van der Waals surface area contributed by atoms with E-state index < -0.39 is 0 Å². The number of benzene rings is 1. The van der Waals surface area contributed by atoms with E-state index in [2.05, 4.69) is 58.2 Å². The fraction of sp³-hybridized carbons (Fsp3) is 0.480. The Balaban J connectivity index is 1.47. The third-order valence-corrected chi connectivity index (χ3v) is 8.74. The van der Waals surface area contributed by atoms with Gasteiger partial charge >= 0.3 is 0 Å². The fourth-order valence-corrected chi connectivity index (χ4v) is 7.39. The van der Waals surface area contributed by atoms with Gasteiger partial charge < -0.3 is 9.64 Å². The summed E-state index contributed by atoms with van der Waals surface area (Å²) < 4.78 is 7.67. The second kappa shape index (κ2) is 7.75. The molecular formula is C25H29N5O2S. The molecule has 0 spiro atoms. The molecule has 4 heterocycles. The first-order chi connectivity index (χ1) is 16.0. The van der Waals surface area contributed by atoms with Crippen LogP contribution in [0.3, 0.4) is 0 Å². The predicted molar refractivity (Wildman–Crippen MR) is 127 cm³/mol. The summed E-state index contributed by atoms with van der Waals surface area (Å²) in [6.07, 6.45) is 1.60. The number of hydrogen-bond donors (Lipinski definition) is 1. The molecule has 2 aromatic heterocycles. The first kappa shape index (κ1) is 21.0. The molecule has 8 heteroatoms. The predicted octanol–water partition coefficient (Wildman–Crippen LogP) is 2.89. The molecular weight excluding hydrogens is 434 g/mol. The Morgan fingerprint density at radius 3 is 2.76 bits per heavy atom.